The molecule has 1 N–H and O–H groups in total. The first-order chi connectivity index (χ1) is 10.5. The molecule has 8 heteroatoms. The minimum Gasteiger partial charge on any atom is -0.476 e. The summed E-state index contributed by atoms with van der Waals surface area (Å²) < 4.78 is 30.6. The third kappa shape index (κ3) is 2.65. The lowest BCUT2D eigenvalue weighted by Crippen LogP contribution is -2.31. The highest BCUT2D eigenvalue weighted by Gasteiger charge is 2.32. The van der Waals surface area contributed by atoms with Gasteiger partial charge in [0.1, 0.15) is 4.90 Å². The van der Waals surface area contributed by atoms with Crippen molar-refractivity contribution in [1.82, 2.24) is 8.68 Å². The van der Waals surface area contributed by atoms with Crippen LogP contribution in [-0.2, 0) is 23.0 Å². The van der Waals surface area contributed by atoms with E-state index in [1.54, 1.807) is 0 Å². The van der Waals surface area contributed by atoms with Crippen LogP contribution in [0.3, 0.4) is 0 Å². The lowest BCUT2D eigenvalue weighted by atomic mass is 10.0. The Kier molecular flexibility index (Phi) is 3.98. The Morgan fingerprint density at radius 1 is 1.27 bits per heavy atom. The van der Waals surface area contributed by atoms with Gasteiger partial charge in [-0.05, 0) is 35.5 Å². The number of hydrogen-bond donors (Lipinski definition) is 1. The molecule has 1 aliphatic rings. The molecular weight excluding hydrogens is 324 g/mol. The maximum Gasteiger partial charge on any atom is 0.357 e. The zero-order valence-electron chi connectivity index (χ0n) is 11.6. The SMILES string of the molecule is O=C(O)c1nscc1S(=O)(=O)N1CCCc2ccccc2C1. The molecule has 6 nitrogen and oxygen atoms in total. The number of rotatable bonds is 3. The van der Waals surface area contributed by atoms with Gasteiger partial charge in [-0.25, -0.2) is 13.2 Å². The molecule has 0 spiro atoms. The molecule has 0 aliphatic carbocycles. The lowest BCUT2D eigenvalue weighted by molar-refractivity contribution is 0.0687. The van der Waals surface area contributed by atoms with Crippen LogP contribution in [0.1, 0.15) is 28.0 Å². The van der Waals surface area contributed by atoms with Gasteiger partial charge in [0.15, 0.2) is 5.69 Å². The van der Waals surface area contributed by atoms with Crippen molar-refractivity contribution in [2.45, 2.75) is 24.3 Å². The Morgan fingerprint density at radius 2 is 2.00 bits per heavy atom. The summed E-state index contributed by atoms with van der Waals surface area (Å²) in [5.74, 6) is -1.32. The van der Waals surface area contributed by atoms with Gasteiger partial charge in [0.25, 0.3) is 0 Å². The van der Waals surface area contributed by atoms with E-state index >= 15 is 0 Å². The molecule has 0 fully saturated rings. The van der Waals surface area contributed by atoms with Gasteiger partial charge >= 0.3 is 5.97 Å². The topological polar surface area (TPSA) is 87.6 Å². The number of nitrogens with zero attached hydrogens (tertiary/aromatic N) is 2. The van der Waals surface area contributed by atoms with E-state index < -0.39 is 21.7 Å². The fourth-order valence-electron chi connectivity index (χ4n) is 2.57. The van der Waals surface area contributed by atoms with E-state index in [0.717, 1.165) is 29.1 Å². The minimum absolute atomic E-state index is 0.218. The fraction of sp³-hybridized carbons (Fsp3) is 0.286. The lowest BCUT2D eigenvalue weighted by Gasteiger charge is -2.20. The number of carbonyl (C=O) groups is 1. The number of carboxylic acids is 1. The number of sulfonamides is 1. The van der Waals surface area contributed by atoms with Crippen LogP contribution < -0.4 is 0 Å². The zero-order chi connectivity index (χ0) is 15.7. The molecule has 0 saturated heterocycles. The smallest absolute Gasteiger partial charge is 0.357 e. The van der Waals surface area contributed by atoms with E-state index in [-0.39, 0.29) is 11.4 Å². The van der Waals surface area contributed by atoms with E-state index in [9.17, 15) is 13.2 Å². The molecule has 1 aromatic carbocycles. The Labute approximate surface area is 132 Å². The molecule has 0 saturated carbocycles. The Hall–Kier alpha value is -1.77. The Bertz CT molecular complexity index is 814. The highest BCUT2D eigenvalue weighted by Crippen LogP contribution is 2.26. The van der Waals surface area contributed by atoms with Crippen LogP contribution in [-0.4, -0.2) is 34.7 Å². The summed E-state index contributed by atoms with van der Waals surface area (Å²) in [6, 6.07) is 7.73. The summed E-state index contributed by atoms with van der Waals surface area (Å²) in [6.07, 6.45) is 1.52. The second kappa shape index (κ2) is 5.79. The van der Waals surface area contributed by atoms with Crippen LogP contribution in [0.5, 0.6) is 0 Å². The van der Waals surface area contributed by atoms with Gasteiger partial charge in [-0.15, -0.1) is 0 Å². The maximum absolute atomic E-state index is 12.8. The van der Waals surface area contributed by atoms with Crippen molar-refractivity contribution in [3.05, 3.63) is 46.5 Å². The van der Waals surface area contributed by atoms with E-state index in [4.69, 9.17) is 5.11 Å². The van der Waals surface area contributed by atoms with Crippen LogP contribution in [0.4, 0.5) is 0 Å². The normalized spacial score (nSPS) is 16.0. The van der Waals surface area contributed by atoms with E-state index in [0.29, 0.717) is 13.0 Å². The molecular formula is C14H14N2O4S2. The largest absolute Gasteiger partial charge is 0.476 e. The first kappa shape index (κ1) is 15.1. The van der Waals surface area contributed by atoms with Crippen molar-refractivity contribution in [3.8, 4) is 0 Å². The van der Waals surface area contributed by atoms with Gasteiger partial charge in [0.2, 0.25) is 10.0 Å². The first-order valence-electron chi connectivity index (χ1n) is 6.75. The van der Waals surface area contributed by atoms with Crippen molar-refractivity contribution < 1.29 is 18.3 Å². The molecule has 116 valence electrons. The van der Waals surface area contributed by atoms with Crippen molar-refractivity contribution in [2.75, 3.05) is 6.54 Å². The van der Waals surface area contributed by atoms with Crippen LogP contribution >= 0.6 is 11.5 Å². The number of aromatic carboxylic acids is 1. The number of fused-ring (bicyclic) bond motifs is 1. The molecule has 0 bridgehead atoms. The molecule has 0 unspecified atom stereocenters. The maximum atomic E-state index is 12.8. The van der Waals surface area contributed by atoms with Crippen LogP contribution in [0.25, 0.3) is 0 Å². The van der Waals surface area contributed by atoms with Crippen LogP contribution in [0, 0.1) is 0 Å². The second-order valence-electron chi connectivity index (χ2n) is 5.04. The van der Waals surface area contributed by atoms with Gasteiger partial charge in [-0.2, -0.15) is 8.68 Å². The molecule has 3 rings (SSSR count). The number of benzene rings is 1. The number of carboxylic acid groups (broad SMARTS) is 1. The minimum atomic E-state index is -3.86. The van der Waals surface area contributed by atoms with E-state index in [2.05, 4.69) is 4.37 Å². The highest BCUT2D eigenvalue weighted by atomic mass is 32.2. The van der Waals surface area contributed by atoms with Crippen molar-refractivity contribution in [1.29, 1.82) is 0 Å². The predicted octanol–water partition coefficient (Wildman–Crippen LogP) is 1.98. The fourth-order valence-corrected chi connectivity index (χ4v) is 5.12. The van der Waals surface area contributed by atoms with E-state index in [1.807, 2.05) is 24.3 Å². The summed E-state index contributed by atoms with van der Waals surface area (Å²) >= 11 is 0.840. The third-order valence-electron chi connectivity index (χ3n) is 3.68. The highest BCUT2D eigenvalue weighted by molar-refractivity contribution is 7.89. The summed E-state index contributed by atoms with van der Waals surface area (Å²) in [5, 5.41) is 10.4. The molecule has 1 aliphatic heterocycles. The van der Waals surface area contributed by atoms with E-state index in [1.165, 1.54) is 9.69 Å². The standard InChI is InChI=1S/C14H14N2O4S2/c17-14(18)13-12(9-21-15-13)22(19,20)16-7-3-6-10-4-1-2-5-11(10)8-16/h1-2,4-5,9H,3,6-8H2,(H,17,18). The number of aryl methyl sites for hydroxylation is 1. The molecule has 22 heavy (non-hydrogen) atoms. The first-order valence-corrected chi connectivity index (χ1v) is 9.02. The summed E-state index contributed by atoms with van der Waals surface area (Å²) in [6.45, 7) is 0.624. The van der Waals surface area contributed by atoms with Gasteiger partial charge in [0, 0.05) is 18.5 Å². The quantitative estimate of drug-likeness (QED) is 0.924. The molecule has 0 amide bonds. The van der Waals surface area contributed by atoms with Gasteiger partial charge < -0.3 is 5.11 Å². The van der Waals surface area contributed by atoms with Gasteiger partial charge in [-0.3, -0.25) is 0 Å². The average Bonchev–Trinajstić information content (AvgIpc) is 2.88. The van der Waals surface area contributed by atoms with Crippen LogP contribution in [0.2, 0.25) is 0 Å². The summed E-state index contributed by atoms with van der Waals surface area (Å²) in [4.78, 5) is 10.9. The molecule has 0 atom stereocenters. The van der Waals surface area contributed by atoms with Gasteiger partial charge in [0.05, 0.1) is 0 Å². The Balaban J connectivity index is 1.99. The zero-order valence-corrected chi connectivity index (χ0v) is 13.2. The van der Waals surface area contributed by atoms with Crippen LogP contribution in [0.15, 0.2) is 34.5 Å². The number of aromatic nitrogens is 1. The summed E-state index contributed by atoms with van der Waals surface area (Å²) in [5.41, 5.74) is 1.70. The molecule has 2 aromatic rings. The monoisotopic (exact) mass is 338 g/mol. The van der Waals surface area contributed by atoms with Crippen molar-refractivity contribution in [3.63, 3.8) is 0 Å². The second-order valence-corrected chi connectivity index (χ2v) is 7.58. The van der Waals surface area contributed by atoms with Crippen molar-refractivity contribution >= 4 is 27.5 Å². The average molecular weight is 338 g/mol. The number of hydrogen-bond acceptors (Lipinski definition) is 5. The molecule has 2 heterocycles. The summed E-state index contributed by atoms with van der Waals surface area (Å²) in [7, 11) is -3.86. The third-order valence-corrected chi connectivity index (χ3v) is 6.31. The molecule has 0 radical (unpaired) electrons. The predicted molar refractivity (Wildman–Crippen MR) is 81.4 cm³/mol. The molecule has 1 aromatic heterocycles. The Morgan fingerprint density at radius 3 is 2.73 bits per heavy atom. The van der Waals surface area contributed by atoms with Gasteiger partial charge in [-0.1, -0.05) is 24.3 Å². The van der Waals surface area contributed by atoms with Crippen molar-refractivity contribution in [2.24, 2.45) is 0 Å².